The lowest BCUT2D eigenvalue weighted by molar-refractivity contribution is -0.0797. The van der Waals surface area contributed by atoms with E-state index in [1.54, 1.807) is 0 Å². The van der Waals surface area contributed by atoms with Gasteiger partial charge in [0.2, 0.25) is 0 Å². The third kappa shape index (κ3) is 9.36. The van der Waals surface area contributed by atoms with Crippen LogP contribution in [0.2, 0.25) is 0 Å². The van der Waals surface area contributed by atoms with E-state index in [0.29, 0.717) is 6.61 Å². The third-order valence-electron chi connectivity index (χ3n) is 4.37. The average molecular weight is 344 g/mol. The smallest absolute Gasteiger partial charge is 0.116 e. The first-order valence-electron chi connectivity index (χ1n) is 10.1. The van der Waals surface area contributed by atoms with Gasteiger partial charge in [0.1, 0.15) is 24.9 Å². The molecule has 0 aromatic rings. The van der Waals surface area contributed by atoms with Crippen LogP contribution < -0.4 is 0 Å². The standard InChI is InChI=1S/C20H39O4/c1-4-7-10-13-21-16-18-20(23-15-12-9-6-3)19(17-24-18)22-14-11-8-5-2/h17-20H,4-16H2,1-3H3/t18-,19+,20-/m1/s1. The summed E-state index contributed by atoms with van der Waals surface area (Å²) in [6.45, 7) is 11.4. The Morgan fingerprint density at radius 3 is 1.96 bits per heavy atom. The van der Waals surface area contributed by atoms with Gasteiger partial charge in [-0.3, -0.25) is 0 Å². The van der Waals surface area contributed by atoms with Gasteiger partial charge >= 0.3 is 0 Å². The molecular formula is C20H39O4. The van der Waals surface area contributed by atoms with E-state index in [-0.39, 0.29) is 18.3 Å². The first-order valence-corrected chi connectivity index (χ1v) is 10.1. The number of ether oxygens (including phenoxy) is 4. The summed E-state index contributed by atoms with van der Waals surface area (Å²) in [7, 11) is 0. The molecular weight excluding hydrogens is 304 g/mol. The highest BCUT2D eigenvalue weighted by Gasteiger charge is 2.39. The Kier molecular flexibility index (Phi) is 13.8. The van der Waals surface area contributed by atoms with Crippen LogP contribution in [0.1, 0.15) is 78.6 Å². The van der Waals surface area contributed by atoms with E-state index >= 15 is 0 Å². The molecule has 1 rings (SSSR count). The van der Waals surface area contributed by atoms with Crippen molar-refractivity contribution in [3.05, 3.63) is 6.61 Å². The second kappa shape index (κ2) is 15.1. The molecule has 0 unspecified atom stereocenters. The second-order valence-electron chi connectivity index (χ2n) is 6.68. The van der Waals surface area contributed by atoms with Crippen LogP contribution >= 0.6 is 0 Å². The number of hydrogen-bond donors (Lipinski definition) is 0. The average Bonchev–Trinajstić information content (AvgIpc) is 2.97. The molecule has 4 heteroatoms. The van der Waals surface area contributed by atoms with Crippen molar-refractivity contribution in [2.24, 2.45) is 0 Å². The summed E-state index contributed by atoms with van der Waals surface area (Å²) in [4.78, 5) is 0. The number of unbranched alkanes of at least 4 members (excludes halogenated alkanes) is 6. The highest BCUT2D eigenvalue weighted by atomic mass is 16.6. The highest BCUT2D eigenvalue weighted by Crippen LogP contribution is 2.25. The summed E-state index contributed by atoms with van der Waals surface area (Å²) < 4.78 is 23.7. The van der Waals surface area contributed by atoms with E-state index in [0.717, 1.165) is 39.1 Å². The maximum Gasteiger partial charge on any atom is 0.116 e. The van der Waals surface area contributed by atoms with Crippen LogP contribution in [0.4, 0.5) is 0 Å². The molecule has 4 nitrogen and oxygen atoms in total. The largest absolute Gasteiger partial charge is 0.379 e. The molecule has 1 fully saturated rings. The number of rotatable bonds is 16. The van der Waals surface area contributed by atoms with Crippen molar-refractivity contribution < 1.29 is 18.9 Å². The SMILES string of the molecule is CCCCCOC[C@H]1O[CH][C@H](OCCCCC)[C@@H]1OCCCCC. The van der Waals surface area contributed by atoms with Gasteiger partial charge in [-0.2, -0.15) is 0 Å². The van der Waals surface area contributed by atoms with Gasteiger partial charge in [-0.1, -0.05) is 59.3 Å². The summed E-state index contributed by atoms with van der Waals surface area (Å²) in [5.74, 6) is 0. The van der Waals surface area contributed by atoms with Gasteiger partial charge in [-0.15, -0.1) is 0 Å². The van der Waals surface area contributed by atoms with E-state index in [1.165, 1.54) is 38.5 Å². The van der Waals surface area contributed by atoms with E-state index in [4.69, 9.17) is 18.9 Å². The summed E-state index contributed by atoms with van der Waals surface area (Å²) in [5, 5.41) is 0. The molecule has 0 saturated carbocycles. The third-order valence-corrected chi connectivity index (χ3v) is 4.37. The van der Waals surface area contributed by atoms with E-state index in [9.17, 15) is 0 Å². The summed E-state index contributed by atoms with van der Waals surface area (Å²) in [5.41, 5.74) is 0. The zero-order valence-electron chi connectivity index (χ0n) is 16.1. The van der Waals surface area contributed by atoms with Crippen molar-refractivity contribution >= 4 is 0 Å². The van der Waals surface area contributed by atoms with Gasteiger partial charge in [0.25, 0.3) is 0 Å². The summed E-state index contributed by atoms with van der Waals surface area (Å²) in [6, 6.07) is 0. The van der Waals surface area contributed by atoms with Crippen LogP contribution in [-0.2, 0) is 18.9 Å². The molecule has 1 radical (unpaired) electrons. The van der Waals surface area contributed by atoms with Crippen LogP contribution in [-0.4, -0.2) is 44.7 Å². The van der Waals surface area contributed by atoms with Gasteiger partial charge in [0, 0.05) is 19.8 Å². The first kappa shape index (κ1) is 21.9. The molecule has 1 aliphatic rings. The predicted octanol–water partition coefficient (Wildman–Crippen LogP) is 4.90. The molecule has 1 heterocycles. The summed E-state index contributed by atoms with van der Waals surface area (Å²) >= 11 is 0. The zero-order valence-corrected chi connectivity index (χ0v) is 16.1. The van der Waals surface area contributed by atoms with E-state index < -0.39 is 0 Å². The maximum atomic E-state index is 6.10. The van der Waals surface area contributed by atoms with Crippen LogP contribution in [0.3, 0.4) is 0 Å². The van der Waals surface area contributed by atoms with Crippen LogP contribution in [0.25, 0.3) is 0 Å². The lowest BCUT2D eigenvalue weighted by Crippen LogP contribution is -2.37. The minimum Gasteiger partial charge on any atom is -0.379 e. The molecule has 1 aliphatic heterocycles. The van der Waals surface area contributed by atoms with E-state index in [1.807, 2.05) is 6.61 Å². The van der Waals surface area contributed by atoms with Crippen molar-refractivity contribution in [3.63, 3.8) is 0 Å². The minimum atomic E-state index is -0.0623. The fourth-order valence-corrected chi connectivity index (χ4v) is 2.81. The van der Waals surface area contributed by atoms with Gasteiger partial charge in [-0.25, -0.2) is 0 Å². The Morgan fingerprint density at radius 1 is 0.750 bits per heavy atom. The van der Waals surface area contributed by atoms with E-state index in [2.05, 4.69) is 20.8 Å². The van der Waals surface area contributed by atoms with Crippen LogP contribution in [0.15, 0.2) is 0 Å². The van der Waals surface area contributed by atoms with Crippen molar-refractivity contribution in [1.82, 2.24) is 0 Å². The molecule has 24 heavy (non-hydrogen) atoms. The maximum absolute atomic E-state index is 6.10. The topological polar surface area (TPSA) is 36.9 Å². The van der Waals surface area contributed by atoms with Gasteiger partial charge in [0.05, 0.1) is 6.61 Å². The molecule has 3 atom stereocenters. The monoisotopic (exact) mass is 343 g/mol. The fraction of sp³-hybridized carbons (Fsp3) is 0.950. The van der Waals surface area contributed by atoms with Crippen LogP contribution in [0, 0.1) is 6.61 Å². The molecule has 0 spiro atoms. The van der Waals surface area contributed by atoms with Gasteiger partial charge in [-0.05, 0) is 19.3 Å². The minimum absolute atomic E-state index is 0.0327. The lowest BCUT2D eigenvalue weighted by atomic mass is 10.1. The molecule has 143 valence electrons. The molecule has 1 saturated heterocycles. The second-order valence-corrected chi connectivity index (χ2v) is 6.68. The first-order chi connectivity index (χ1) is 11.8. The molecule has 0 bridgehead atoms. The fourth-order valence-electron chi connectivity index (χ4n) is 2.81. The zero-order chi connectivity index (χ0) is 17.5. The molecule has 0 aromatic carbocycles. The van der Waals surface area contributed by atoms with Crippen LogP contribution in [0.5, 0.6) is 0 Å². The Bertz CT molecular complexity index is 272. The van der Waals surface area contributed by atoms with Crippen molar-refractivity contribution in [2.75, 3.05) is 26.4 Å². The molecule has 0 amide bonds. The lowest BCUT2D eigenvalue weighted by Gasteiger charge is -2.23. The Morgan fingerprint density at radius 2 is 1.33 bits per heavy atom. The Hall–Kier alpha value is -0.160. The van der Waals surface area contributed by atoms with Crippen molar-refractivity contribution in [1.29, 1.82) is 0 Å². The van der Waals surface area contributed by atoms with Crippen molar-refractivity contribution in [3.8, 4) is 0 Å². The van der Waals surface area contributed by atoms with Gasteiger partial charge in [0.15, 0.2) is 0 Å². The quantitative estimate of drug-likeness (QED) is 0.373. The normalized spacial score (nSPS) is 23.9. The highest BCUT2D eigenvalue weighted by molar-refractivity contribution is 4.92. The summed E-state index contributed by atoms with van der Waals surface area (Å²) in [6.07, 6.45) is 10.4. The van der Waals surface area contributed by atoms with Gasteiger partial charge < -0.3 is 18.9 Å². The predicted molar refractivity (Wildman–Crippen MR) is 98.0 cm³/mol. The van der Waals surface area contributed by atoms with Crippen molar-refractivity contribution in [2.45, 2.75) is 96.9 Å². The molecule has 0 N–H and O–H groups in total. The Balaban J connectivity index is 2.33. The number of hydrogen-bond acceptors (Lipinski definition) is 4. The Labute approximate surface area is 149 Å². The molecule has 0 aromatic heterocycles. The molecule has 0 aliphatic carbocycles.